The molecular weight excluding hydrogens is 428 g/mol. The van der Waals surface area contributed by atoms with Crippen molar-refractivity contribution in [1.29, 1.82) is 0 Å². The number of carbonyl (C=O) groups excluding carboxylic acids is 1. The number of methoxy groups -OCH3 is 2. The van der Waals surface area contributed by atoms with Crippen LogP contribution in [0.3, 0.4) is 0 Å². The van der Waals surface area contributed by atoms with Gasteiger partial charge in [0, 0.05) is 29.7 Å². The number of nitrogens with zero attached hydrogens (tertiary/aromatic N) is 1. The number of hydrogen-bond donors (Lipinski definition) is 1. The van der Waals surface area contributed by atoms with E-state index in [2.05, 4.69) is 5.32 Å². The Morgan fingerprint density at radius 3 is 2.20 bits per heavy atom. The first-order valence-corrected chi connectivity index (χ1v) is 11.3. The number of nitrogens with one attached hydrogen (secondary N) is 1. The fraction of sp³-hybridized carbons (Fsp3) is 0.381. The Balaban J connectivity index is 2.57. The topological polar surface area (TPSA) is 84.9 Å². The van der Waals surface area contributed by atoms with E-state index in [1.807, 2.05) is 13.8 Å². The molecule has 0 heterocycles. The number of sulfonamides is 1. The van der Waals surface area contributed by atoms with Gasteiger partial charge in [0.25, 0.3) is 5.91 Å². The van der Waals surface area contributed by atoms with Crippen LogP contribution in [-0.4, -0.2) is 45.9 Å². The largest absolute Gasteiger partial charge is 0.493 e. The van der Waals surface area contributed by atoms with Gasteiger partial charge in [-0.15, -0.1) is 0 Å². The quantitative estimate of drug-likeness (QED) is 0.644. The third kappa shape index (κ3) is 4.71. The lowest BCUT2D eigenvalue weighted by atomic mass is 10.1. The fourth-order valence-corrected chi connectivity index (χ4v) is 4.80. The lowest BCUT2D eigenvalue weighted by Gasteiger charge is -2.21. The van der Waals surface area contributed by atoms with E-state index in [4.69, 9.17) is 21.1 Å². The Morgan fingerprint density at radius 2 is 1.70 bits per heavy atom. The van der Waals surface area contributed by atoms with E-state index in [0.29, 0.717) is 23.7 Å². The molecule has 0 unspecified atom stereocenters. The zero-order valence-electron chi connectivity index (χ0n) is 18.0. The number of aryl methyl sites for hydroxylation is 1. The molecule has 0 fully saturated rings. The molecule has 0 saturated carbocycles. The molecule has 0 saturated heterocycles. The molecule has 9 heteroatoms. The maximum Gasteiger partial charge on any atom is 0.255 e. The van der Waals surface area contributed by atoms with Gasteiger partial charge in [0.15, 0.2) is 11.5 Å². The number of amides is 1. The molecule has 1 N–H and O–H groups in total. The van der Waals surface area contributed by atoms with Crippen LogP contribution in [0.15, 0.2) is 29.2 Å². The van der Waals surface area contributed by atoms with E-state index in [1.165, 1.54) is 30.7 Å². The smallest absolute Gasteiger partial charge is 0.255 e. The maximum atomic E-state index is 13.0. The molecule has 0 aliphatic rings. The van der Waals surface area contributed by atoms with Gasteiger partial charge >= 0.3 is 0 Å². The van der Waals surface area contributed by atoms with E-state index < -0.39 is 15.9 Å². The standard InChI is InChI=1S/C21H27ClN2O5S/c1-7-24(8-2)30(26,27)16-11-18(20(29-6)19(12-16)28-5)23-21(25)15-9-13(3)14(4)17(22)10-15/h9-12H,7-8H2,1-6H3,(H,23,25). The van der Waals surface area contributed by atoms with E-state index in [0.717, 1.165) is 11.1 Å². The van der Waals surface area contributed by atoms with E-state index in [-0.39, 0.29) is 22.1 Å². The summed E-state index contributed by atoms with van der Waals surface area (Å²) >= 11 is 6.21. The van der Waals surface area contributed by atoms with Crippen molar-refractivity contribution in [2.45, 2.75) is 32.6 Å². The number of halogens is 1. The minimum absolute atomic E-state index is 0.00253. The number of carbonyl (C=O) groups is 1. The lowest BCUT2D eigenvalue weighted by molar-refractivity contribution is 0.102. The van der Waals surface area contributed by atoms with Crippen molar-refractivity contribution in [2.75, 3.05) is 32.6 Å². The molecule has 0 radical (unpaired) electrons. The zero-order chi connectivity index (χ0) is 22.6. The first-order valence-electron chi connectivity index (χ1n) is 9.44. The van der Waals surface area contributed by atoms with E-state index in [1.54, 1.807) is 26.0 Å². The second kappa shape index (κ2) is 9.68. The number of hydrogen-bond acceptors (Lipinski definition) is 5. The van der Waals surface area contributed by atoms with Crippen LogP contribution in [-0.2, 0) is 10.0 Å². The molecule has 164 valence electrons. The van der Waals surface area contributed by atoms with Crippen molar-refractivity contribution in [3.8, 4) is 11.5 Å². The molecule has 30 heavy (non-hydrogen) atoms. The van der Waals surface area contributed by atoms with Gasteiger partial charge in [-0.1, -0.05) is 25.4 Å². The molecule has 0 bridgehead atoms. The predicted octanol–water partition coefficient (Wildman–Crippen LogP) is 4.26. The van der Waals surface area contributed by atoms with Crippen LogP contribution >= 0.6 is 11.6 Å². The first-order chi connectivity index (χ1) is 14.1. The molecule has 0 aliphatic heterocycles. The van der Waals surface area contributed by atoms with Gasteiger partial charge in [0.1, 0.15) is 0 Å². The highest BCUT2D eigenvalue weighted by atomic mass is 35.5. The van der Waals surface area contributed by atoms with Crippen LogP contribution in [0.1, 0.15) is 35.3 Å². The molecule has 0 aromatic heterocycles. The highest BCUT2D eigenvalue weighted by molar-refractivity contribution is 7.89. The van der Waals surface area contributed by atoms with Gasteiger partial charge in [-0.3, -0.25) is 4.79 Å². The van der Waals surface area contributed by atoms with Crippen molar-refractivity contribution in [3.63, 3.8) is 0 Å². The van der Waals surface area contributed by atoms with Crippen LogP contribution in [0.5, 0.6) is 11.5 Å². The number of anilines is 1. The Labute approximate surface area is 183 Å². The minimum atomic E-state index is -3.78. The molecular formula is C21H27ClN2O5S. The average molecular weight is 455 g/mol. The molecule has 0 spiro atoms. The summed E-state index contributed by atoms with van der Waals surface area (Å²) in [7, 11) is -0.957. The van der Waals surface area contributed by atoms with Crippen LogP contribution < -0.4 is 14.8 Å². The van der Waals surface area contributed by atoms with Crippen LogP contribution in [0.2, 0.25) is 5.02 Å². The Morgan fingerprint density at radius 1 is 1.07 bits per heavy atom. The van der Waals surface area contributed by atoms with Crippen LogP contribution in [0, 0.1) is 13.8 Å². The monoisotopic (exact) mass is 454 g/mol. The number of ether oxygens (including phenoxy) is 2. The molecule has 2 aromatic carbocycles. The summed E-state index contributed by atoms with van der Waals surface area (Å²) in [5.41, 5.74) is 2.29. The van der Waals surface area contributed by atoms with Gasteiger partial charge in [0.05, 0.1) is 24.8 Å². The molecule has 0 atom stereocenters. The summed E-state index contributed by atoms with van der Waals surface area (Å²) in [5.74, 6) is -0.0313. The third-order valence-corrected chi connectivity index (χ3v) is 7.33. The fourth-order valence-electron chi connectivity index (χ4n) is 3.04. The Hall–Kier alpha value is -2.29. The molecule has 1 amide bonds. The molecule has 7 nitrogen and oxygen atoms in total. The lowest BCUT2D eigenvalue weighted by Crippen LogP contribution is -2.30. The summed E-state index contributed by atoms with van der Waals surface area (Å²) in [6.07, 6.45) is 0. The Kier molecular flexibility index (Phi) is 7.74. The third-order valence-electron chi connectivity index (χ3n) is 4.91. The normalized spacial score (nSPS) is 11.5. The summed E-state index contributed by atoms with van der Waals surface area (Å²) in [6.45, 7) is 7.88. The minimum Gasteiger partial charge on any atom is -0.493 e. The molecule has 2 rings (SSSR count). The van der Waals surface area contributed by atoms with Crippen molar-refractivity contribution in [3.05, 3.63) is 46.0 Å². The van der Waals surface area contributed by atoms with Crippen LogP contribution in [0.4, 0.5) is 5.69 Å². The van der Waals surface area contributed by atoms with Gasteiger partial charge in [-0.05, 0) is 43.2 Å². The first kappa shape index (κ1) is 24.0. The van der Waals surface area contributed by atoms with Crippen molar-refractivity contribution < 1.29 is 22.7 Å². The van der Waals surface area contributed by atoms with Crippen molar-refractivity contribution >= 4 is 33.2 Å². The van der Waals surface area contributed by atoms with Crippen molar-refractivity contribution in [1.82, 2.24) is 4.31 Å². The molecule has 0 aliphatic carbocycles. The van der Waals surface area contributed by atoms with E-state index in [9.17, 15) is 13.2 Å². The zero-order valence-corrected chi connectivity index (χ0v) is 19.6. The number of rotatable bonds is 8. The summed E-state index contributed by atoms with van der Waals surface area (Å²) in [6, 6.07) is 6.04. The van der Waals surface area contributed by atoms with Gasteiger partial charge in [-0.25, -0.2) is 8.42 Å². The highest BCUT2D eigenvalue weighted by Crippen LogP contribution is 2.39. The van der Waals surface area contributed by atoms with Crippen molar-refractivity contribution in [2.24, 2.45) is 0 Å². The maximum absolute atomic E-state index is 13.0. The predicted molar refractivity (Wildman–Crippen MR) is 119 cm³/mol. The summed E-state index contributed by atoms with van der Waals surface area (Å²) < 4.78 is 38.0. The summed E-state index contributed by atoms with van der Waals surface area (Å²) in [4.78, 5) is 12.9. The molecule has 2 aromatic rings. The second-order valence-electron chi connectivity index (χ2n) is 6.65. The average Bonchev–Trinajstić information content (AvgIpc) is 2.71. The van der Waals surface area contributed by atoms with Gasteiger partial charge in [0.2, 0.25) is 10.0 Å². The van der Waals surface area contributed by atoms with Crippen LogP contribution in [0.25, 0.3) is 0 Å². The van der Waals surface area contributed by atoms with E-state index >= 15 is 0 Å². The SMILES string of the molecule is CCN(CC)S(=O)(=O)c1cc(NC(=O)c2cc(C)c(C)c(Cl)c2)c(OC)c(OC)c1. The van der Waals surface area contributed by atoms with Gasteiger partial charge < -0.3 is 14.8 Å². The Bertz CT molecular complexity index is 1030. The second-order valence-corrected chi connectivity index (χ2v) is 8.99. The highest BCUT2D eigenvalue weighted by Gasteiger charge is 2.26. The van der Waals surface area contributed by atoms with Gasteiger partial charge in [-0.2, -0.15) is 4.31 Å². The summed E-state index contributed by atoms with van der Waals surface area (Å²) in [5, 5.41) is 3.20. The number of benzene rings is 2.